The van der Waals surface area contributed by atoms with E-state index in [-0.39, 0.29) is 6.61 Å². The van der Waals surface area contributed by atoms with Gasteiger partial charge in [-0.15, -0.1) is 0 Å². The van der Waals surface area contributed by atoms with E-state index in [9.17, 15) is 19.5 Å². The molecule has 2 aromatic rings. The predicted octanol–water partition coefficient (Wildman–Crippen LogP) is 4.46. The number of aromatic nitrogens is 1. The fourth-order valence-corrected chi connectivity index (χ4v) is 4.84. The Morgan fingerprint density at radius 1 is 0.950 bits per heavy atom. The summed E-state index contributed by atoms with van der Waals surface area (Å²) in [5, 5.41) is 23.0. The van der Waals surface area contributed by atoms with Crippen molar-refractivity contribution in [3.63, 3.8) is 0 Å². The highest BCUT2D eigenvalue weighted by Crippen LogP contribution is 2.16. The SMILES string of the molecule is Cc1cc(NCCCCCN(C)C(=O)C(OCCCCCc2ccc(C)c(C)c2)C(OCC(=O)O)C(=O)O)sn1. The van der Waals surface area contributed by atoms with Crippen LogP contribution in [-0.4, -0.2) is 82.9 Å². The number of hydrogen-bond acceptors (Lipinski definition) is 8. The van der Waals surface area contributed by atoms with Crippen molar-refractivity contribution in [3.05, 3.63) is 46.6 Å². The summed E-state index contributed by atoms with van der Waals surface area (Å²) in [6.07, 6.45) is 2.68. The van der Waals surface area contributed by atoms with Crippen molar-refractivity contribution in [2.45, 2.75) is 77.9 Å². The molecule has 1 aromatic heterocycles. The monoisotopic (exact) mass is 577 g/mol. The van der Waals surface area contributed by atoms with Crippen molar-refractivity contribution >= 4 is 34.4 Å². The van der Waals surface area contributed by atoms with Crippen LogP contribution in [0.5, 0.6) is 0 Å². The van der Waals surface area contributed by atoms with E-state index in [4.69, 9.17) is 14.6 Å². The van der Waals surface area contributed by atoms with Crippen LogP contribution in [0.25, 0.3) is 0 Å². The molecule has 1 aromatic carbocycles. The highest BCUT2D eigenvalue weighted by molar-refractivity contribution is 7.10. The van der Waals surface area contributed by atoms with E-state index in [1.807, 2.05) is 13.0 Å². The Morgan fingerprint density at radius 2 is 1.70 bits per heavy atom. The second-order valence-electron chi connectivity index (χ2n) is 10.1. The van der Waals surface area contributed by atoms with Gasteiger partial charge in [-0.1, -0.05) is 24.6 Å². The Hall–Kier alpha value is -3.02. The molecular weight excluding hydrogens is 534 g/mol. The summed E-state index contributed by atoms with van der Waals surface area (Å²) in [6, 6.07) is 8.42. The lowest BCUT2D eigenvalue weighted by Gasteiger charge is -2.27. The van der Waals surface area contributed by atoms with Crippen molar-refractivity contribution < 1.29 is 34.1 Å². The number of carbonyl (C=O) groups is 3. The van der Waals surface area contributed by atoms with Crippen LogP contribution in [0.1, 0.15) is 60.9 Å². The molecule has 3 N–H and O–H groups in total. The highest BCUT2D eigenvalue weighted by atomic mass is 32.1. The number of unbranched alkanes of at least 4 members (excludes halogenated alkanes) is 4. The van der Waals surface area contributed by atoms with Crippen molar-refractivity contribution in [2.24, 2.45) is 0 Å². The summed E-state index contributed by atoms with van der Waals surface area (Å²) in [4.78, 5) is 37.5. The molecule has 0 aliphatic heterocycles. The van der Waals surface area contributed by atoms with Crippen LogP contribution in [0.2, 0.25) is 0 Å². The summed E-state index contributed by atoms with van der Waals surface area (Å²) in [5.74, 6) is -3.29. The molecule has 0 fully saturated rings. The fourth-order valence-electron chi connectivity index (χ4n) is 4.15. The minimum Gasteiger partial charge on any atom is -0.480 e. The van der Waals surface area contributed by atoms with Gasteiger partial charge in [0.1, 0.15) is 11.6 Å². The van der Waals surface area contributed by atoms with Gasteiger partial charge >= 0.3 is 11.9 Å². The Morgan fingerprint density at radius 3 is 2.35 bits per heavy atom. The number of carbonyl (C=O) groups excluding carboxylic acids is 1. The smallest absolute Gasteiger partial charge is 0.336 e. The van der Waals surface area contributed by atoms with Gasteiger partial charge < -0.3 is 29.9 Å². The zero-order chi connectivity index (χ0) is 29.5. The van der Waals surface area contributed by atoms with E-state index in [1.54, 1.807) is 7.05 Å². The van der Waals surface area contributed by atoms with Gasteiger partial charge in [-0.05, 0) is 93.6 Å². The molecule has 2 rings (SSSR count). The number of amides is 1. The van der Waals surface area contributed by atoms with Gasteiger partial charge in [0, 0.05) is 26.7 Å². The first kappa shape index (κ1) is 33.2. The molecule has 0 bridgehead atoms. The number of aryl methyl sites for hydroxylation is 4. The van der Waals surface area contributed by atoms with Gasteiger partial charge in [0.05, 0.1) is 5.69 Å². The summed E-state index contributed by atoms with van der Waals surface area (Å²) in [7, 11) is 1.59. The van der Waals surface area contributed by atoms with Gasteiger partial charge in [0.2, 0.25) is 0 Å². The number of nitrogens with one attached hydrogen (secondary N) is 1. The largest absolute Gasteiger partial charge is 0.480 e. The predicted molar refractivity (Wildman–Crippen MR) is 155 cm³/mol. The molecule has 1 heterocycles. The normalized spacial score (nSPS) is 12.6. The summed E-state index contributed by atoms with van der Waals surface area (Å²) >= 11 is 1.42. The van der Waals surface area contributed by atoms with Crippen LogP contribution in [0.15, 0.2) is 24.3 Å². The van der Waals surface area contributed by atoms with E-state index in [0.29, 0.717) is 13.0 Å². The molecule has 222 valence electrons. The Labute approximate surface area is 240 Å². The number of likely N-dealkylation sites (N-methyl/N-ethyl adjacent to an activating group) is 1. The quantitative estimate of drug-likeness (QED) is 0.195. The third kappa shape index (κ3) is 12.0. The Balaban J connectivity index is 1.83. The van der Waals surface area contributed by atoms with E-state index in [1.165, 1.54) is 33.1 Å². The molecule has 2 atom stereocenters. The first-order chi connectivity index (χ1) is 19.1. The van der Waals surface area contributed by atoms with Crippen molar-refractivity contribution in [3.8, 4) is 0 Å². The van der Waals surface area contributed by atoms with Crippen molar-refractivity contribution in [2.75, 3.05) is 38.7 Å². The van der Waals surface area contributed by atoms with Crippen molar-refractivity contribution in [1.82, 2.24) is 9.27 Å². The Kier molecular flexibility index (Phi) is 14.6. The average Bonchev–Trinajstić information content (AvgIpc) is 3.32. The topological polar surface area (TPSA) is 138 Å². The number of carboxylic acids is 2. The maximum Gasteiger partial charge on any atom is 0.336 e. The zero-order valence-corrected chi connectivity index (χ0v) is 24.8. The molecule has 0 saturated carbocycles. The minimum absolute atomic E-state index is 0.167. The third-order valence-electron chi connectivity index (χ3n) is 6.60. The summed E-state index contributed by atoms with van der Waals surface area (Å²) in [5.41, 5.74) is 4.76. The lowest BCUT2D eigenvalue weighted by Crippen LogP contribution is -2.50. The fraction of sp³-hybridized carbons (Fsp3) is 0.586. The number of nitrogens with zero attached hydrogens (tertiary/aromatic N) is 2. The number of ether oxygens (including phenoxy) is 2. The maximum absolute atomic E-state index is 13.2. The van der Waals surface area contributed by atoms with Crippen LogP contribution < -0.4 is 5.32 Å². The Bertz CT molecular complexity index is 1090. The molecule has 1 amide bonds. The lowest BCUT2D eigenvalue weighted by molar-refractivity contribution is -0.175. The molecule has 40 heavy (non-hydrogen) atoms. The number of benzene rings is 1. The molecule has 0 radical (unpaired) electrons. The standard InChI is InChI=1S/C29H43N3O7S/c1-20-12-13-23(17-21(20)2)11-7-5-10-16-38-26(27(29(36)37)39-19-25(33)34)28(35)32(4)15-9-6-8-14-30-24-18-22(3)31-40-24/h12-13,17-18,26-27,30H,5-11,14-16,19H2,1-4H3,(H,33,34)(H,36,37). The van der Waals surface area contributed by atoms with Crippen LogP contribution in [0, 0.1) is 20.8 Å². The van der Waals surface area contributed by atoms with E-state index >= 15 is 0 Å². The number of anilines is 1. The molecule has 10 nitrogen and oxygen atoms in total. The van der Waals surface area contributed by atoms with Gasteiger partial charge in [-0.25, -0.2) is 9.59 Å². The zero-order valence-electron chi connectivity index (χ0n) is 24.0. The third-order valence-corrected chi connectivity index (χ3v) is 7.44. The van der Waals surface area contributed by atoms with E-state index < -0.39 is 36.7 Å². The molecule has 0 aliphatic rings. The van der Waals surface area contributed by atoms with E-state index in [2.05, 4.69) is 41.7 Å². The highest BCUT2D eigenvalue weighted by Gasteiger charge is 2.37. The van der Waals surface area contributed by atoms with Crippen molar-refractivity contribution in [1.29, 1.82) is 0 Å². The van der Waals surface area contributed by atoms with Gasteiger partial charge in [-0.2, -0.15) is 4.37 Å². The molecule has 0 saturated heterocycles. The lowest BCUT2D eigenvalue weighted by atomic mass is 10.0. The number of rotatable bonds is 20. The molecule has 0 aliphatic carbocycles. The van der Waals surface area contributed by atoms with Gasteiger partial charge in [-0.3, -0.25) is 4.79 Å². The van der Waals surface area contributed by atoms with Crippen LogP contribution in [0.4, 0.5) is 5.00 Å². The molecular formula is C29H43N3O7S. The number of hydrogen-bond donors (Lipinski definition) is 3. The maximum atomic E-state index is 13.2. The molecule has 11 heteroatoms. The molecule has 2 unspecified atom stereocenters. The van der Waals surface area contributed by atoms with Gasteiger partial charge in [0.25, 0.3) is 5.91 Å². The number of carboxylic acid groups (broad SMARTS) is 2. The first-order valence-corrected chi connectivity index (χ1v) is 14.5. The minimum atomic E-state index is -1.71. The van der Waals surface area contributed by atoms with Gasteiger partial charge in [0.15, 0.2) is 12.2 Å². The van der Waals surface area contributed by atoms with Crippen LogP contribution in [0.3, 0.4) is 0 Å². The molecule has 0 spiro atoms. The summed E-state index contributed by atoms with van der Waals surface area (Å²) in [6.45, 7) is 6.66. The first-order valence-electron chi connectivity index (χ1n) is 13.7. The number of aliphatic carboxylic acids is 2. The summed E-state index contributed by atoms with van der Waals surface area (Å²) < 4.78 is 15.1. The van der Waals surface area contributed by atoms with Crippen LogP contribution in [-0.2, 0) is 30.3 Å². The average molecular weight is 578 g/mol. The second kappa shape index (κ2) is 17.6. The van der Waals surface area contributed by atoms with E-state index in [0.717, 1.165) is 55.8 Å². The van der Waals surface area contributed by atoms with Crippen LogP contribution >= 0.6 is 11.5 Å². The second-order valence-corrected chi connectivity index (χ2v) is 10.9.